The van der Waals surface area contributed by atoms with Gasteiger partial charge in [-0.3, -0.25) is 4.79 Å². The second-order valence-corrected chi connectivity index (χ2v) is 8.56. The van der Waals surface area contributed by atoms with Crippen LogP contribution in [0.1, 0.15) is 20.3 Å². The number of carbonyl (C=O) groups excluding carboxylic acids is 1. The van der Waals surface area contributed by atoms with Gasteiger partial charge in [0.25, 0.3) is 0 Å². The zero-order valence-electron chi connectivity index (χ0n) is 12.6. The monoisotopic (exact) mass is 382 g/mol. The average molecular weight is 383 g/mol. The molecule has 1 heterocycles. The lowest BCUT2D eigenvalue weighted by atomic mass is 10.0. The summed E-state index contributed by atoms with van der Waals surface area (Å²) < 4.78 is 39.2. The predicted octanol–water partition coefficient (Wildman–Crippen LogP) is 3.13. The highest BCUT2D eigenvalue weighted by atomic mass is 35.5. The second kappa shape index (κ2) is 6.93. The molecule has 1 aliphatic rings. The molecule has 1 unspecified atom stereocenters. The van der Waals surface area contributed by atoms with Crippen LogP contribution in [0.3, 0.4) is 0 Å². The molecule has 0 radical (unpaired) electrons. The highest BCUT2D eigenvalue weighted by molar-refractivity contribution is 7.89. The molecule has 0 bridgehead atoms. The molecule has 1 N–H and O–H groups in total. The summed E-state index contributed by atoms with van der Waals surface area (Å²) in [6.45, 7) is 3.76. The molecule has 1 fully saturated rings. The van der Waals surface area contributed by atoms with Crippen molar-refractivity contribution >= 4 is 44.8 Å². The zero-order valence-corrected chi connectivity index (χ0v) is 15.0. The van der Waals surface area contributed by atoms with Gasteiger partial charge >= 0.3 is 0 Å². The molecule has 0 saturated carbocycles. The predicted molar refractivity (Wildman–Crippen MR) is 88.8 cm³/mol. The van der Waals surface area contributed by atoms with E-state index in [1.807, 2.05) is 0 Å². The number of sulfonamides is 1. The van der Waals surface area contributed by atoms with E-state index in [0.717, 1.165) is 6.07 Å². The van der Waals surface area contributed by atoms with Crippen LogP contribution in [0.5, 0.6) is 0 Å². The number of nitrogens with one attached hydrogen (secondary N) is 1. The van der Waals surface area contributed by atoms with Gasteiger partial charge in [0.15, 0.2) is 0 Å². The van der Waals surface area contributed by atoms with E-state index in [1.54, 1.807) is 13.8 Å². The highest BCUT2D eigenvalue weighted by Gasteiger charge is 2.40. The molecule has 9 heteroatoms. The van der Waals surface area contributed by atoms with Crippen molar-refractivity contribution in [2.24, 2.45) is 5.92 Å². The maximum Gasteiger partial charge on any atom is 0.243 e. The van der Waals surface area contributed by atoms with Gasteiger partial charge < -0.3 is 5.32 Å². The third-order valence-corrected chi connectivity index (χ3v) is 6.27. The summed E-state index contributed by atoms with van der Waals surface area (Å²) in [6, 6.07) is 1.29. The number of hydrogen-bond acceptors (Lipinski definition) is 3. The van der Waals surface area contributed by atoms with E-state index >= 15 is 0 Å². The first-order chi connectivity index (χ1) is 10.6. The van der Waals surface area contributed by atoms with Crippen LogP contribution in [0.15, 0.2) is 12.1 Å². The number of halogens is 3. The van der Waals surface area contributed by atoms with E-state index in [9.17, 15) is 17.6 Å². The zero-order chi connectivity index (χ0) is 17.4. The molecular weight excluding hydrogens is 366 g/mol. The number of benzene rings is 1. The summed E-state index contributed by atoms with van der Waals surface area (Å²) in [7, 11) is -3.46. The van der Waals surface area contributed by atoms with E-state index in [2.05, 4.69) is 5.32 Å². The molecule has 0 aliphatic carbocycles. The molecule has 23 heavy (non-hydrogen) atoms. The first-order valence-corrected chi connectivity index (χ1v) is 9.45. The standard InChI is InChI=1S/C14H17Cl2FN2O3S/c1-8(2)13(19-4-3-5-23(19,21)22)14(20)18-12-7-10(16)9(15)6-11(12)17/h6-8,13H,3-5H2,1-2H3,(H,18,20). The van der Waals surface area contributed by atoms with E-state index < -0.39 is 27.8 Å². The van der Waals surface area contributed by atoms with Crippen molar-refractivity contribution in [3.8, 4) is 0 Å². The van der Waals surface area contributed by atoms with Gasteiger partial charge in [0, 0.05) is 6.54 Å². The summed E-state index contributed by atoms with van der Waals surface area (Å²) in [5.74, 6) is -1.58. The fourth-order valence-electron chi connectivity index (χ4n) is 2.56. The largest absolute Gasteiger partial charge is 0.322 e. The van der Waals surface area contributed by atoms with Crippen LogP contribution < -0.4 is 5.32 Å². The van der Waals surface area contributed by atoms with Gasteiger partial charge in [-0.15, -0.1) is 0 Å². The maximum absolute atomic E-state index is 13.9. The van der Waals surface area contributed by atoms with Crippen LogP contribution in [-0.4, -0.2) is 37.0 Å². The Hall–Kier alpha value is -0.890. The Morgan fingerprint density at radius 3 is 2.43 bits per heavy atom. The molecule has 5 nitrogen and oxygen atoms in total. The van der Waals surface area contributed by atoms with Crippen molar-refractivity contribution in [3.63, 3.8) is 0 Å². The lowest BCUT2D eigenvalue weighted by Gasteiger charge is -2.28. The maximum atomic E-state index is 13.9. The summed E-state index contributed by atoms with van der Waals surface area (Å²) >= 11 is 11.5. The fourth-order valence-corrected chi connectivity index (χ4v) is 4.70. The van der Waals surface area contributed by atoms with Crippen LogP contribution in [0.2, 0.25) is 10.0 Å². The van der Waals surface area contributed by atoms with Gasteiger partial charge in [0.05, 0.1) is 21.5 Å². The molecule has 0 spiro atoms. The number of hydrogen-bond donors (Lipinski definition) is 1. The molecule has 1 saturated heterocycles. The summed E-state index contributed by atoms with van der Waals surface area (Å²) in [6.07, 6.45) is 0.472. The minimum atomic E-state index is -3.46. The van der Waals surface area contributed by atoms with Crippen molar-refractivity contribution in [2.75, 3.05) is 17.6 Å². The van der Waals surface area contributed by atoms with E-state index in [1.165, 1.54) is 10.4 Å². The van der Waals surface area contributed by atoms with Crippen LogP contribution >= 0.6 is 23.2 Å². The second-order valence-electron chi connectivity index (χ2n) is 5.70. The fraction of sp³-hybridized carbons (Fsp3) is 0.500. The Kier molecular flexibility index (Phi) is 5.56. The quantitative estimate of drug-likeness (QED) is 0.813. The topological polar surface area (TPSA) is 66.5 Å². The smallest absolute Gasteiger partial charge is 0.243 e. The van der Waals surface area contributed by atoms with Crippen LogP contribution in [0.4, 0.5) is 10.1 Å². The summed E-state index contributed by atoms with van der Waals surface area (Å²) in [5, 5.41) is 2.54. The molecule has 128 valence electrons. The minimum absolute atomic E-state index is 0.0185. The Balaban J connectivity index is 2.28. The van der Waals surface area contributed by atoms with Crippen molar-refractivity contribution in [1.82, 2.24) is 4.31 Å². The van der Waals surface area contributed by atoms with Gasteiger partial charge in [0.1, 0.15) is 11.9 Å². The molecule has 1 atom stereocenters. The molecule has 1 aromatic carbocycles. The lowest BCUT2D eigenvalue weighted by Crippen LogP contribution is -2.48. The van der Waals surface area contributed by atoms with Crippen molar-refractivity contribution in [3.05, 3.63) is 28.0 Å². The number of rotatable bonds is 4. The van der Waals surface area contributed by atoms with Crippen molar-refractivity contribution in [2.45, 2.75) is 26.3 Å². The van der Waals surface area contributed by atoms with E-state index in [0.29, 0.717) is 6.42 Å². The first-order valence-electron chi connectivity index (χ1n) is 7.08. The molecule has 0 aromatic heterocycles. The number of carbonyl (C=O) groups is 1. The number of anilines is 1. The summed E-state index contributed by atoms with van der Waals surface area (Å²) in [4.78, 5) is 12.5. The number of nitrogens with zero attached hydrogens (tertiary/aromatic N) is 1. The third-order valence-electron chi connectivity index (χ3n) is 3.62. The molecule has 1 aliphatic heterocycles. The van der Waals surface area contributed by atoms with Gasteiger partial charge in [-0.1, -0.05) is 37.0 Å². The van der Waals surface area contributed by atoms with Crippen LogP contribution in [0, 0.1) is 11.7 Å². The first kappa shape index (κ1) is 18.4. The Morgan fingerprint density at radius 2 is 1.91 bits per heavy atom. The Morgan fingerprint density at radius 1 is 1.30 bits per heavy atom. The van der Waals surface area contributed by atoms with Gasteiger partial charge in [-0.05, 0) is 24.5 Å². The van der Waals surface area contributed by atoms with Crippen molar-refractivity contribution in [1.29, 1.82) is 0 Å². The molecule has 2 rings (SSSR count). The number of amides is 1. The average Bonchev–Trinajstić information content (AvgIpc) is 2.75. The van der Waals surface area contributed by atoms with Gasteiger partial charge in [-0.2, -0.15) is 4.31 Å². The Bertz CT molecular complexity index is 725. The molecular formula is C14H17Cl2FN2O3S. The van der Waals surface area contributed by atoms with Crippen LogP contribution in [-0.2, 0) is 14.8 Å². The molecule has 1 aromatic rings. The minimum Gasteiger partial charge on any atom is -0.322 e. The molecule has 1 amide bonds. The summed E-state index contributed by atoms with van der Waals surface area (Å²) in [5.41, 5.74) is -0.133. The van der Waals surface area contributed by atoms with E-state index in [4.69, 9.17) is 23.2 Å². The van der Waals surface area contributed by atoms with E-state index in [-0.39, 0.29) is 33.9 Å². The Labute approximate surface area is 144 Å². The third kappa shape index (κ3) is 3.96. The van der Waals surface area contributed by atoms with Gasteiger partial charge in [0.2, 0.25) is 15.9 Å². The SMILES string of the molecule is CC(C)C(C(=O)Nc1cc(Cl)c(Cl)cc1F)N1CCCS1(=O)=O. The normalized spacial score (nSPS) is 19.0. The van der Waals surface area contributed by atoms with Gasteiger partial charge in [-0.25, -0.2) is 12.8 Å². The van der Waals surface area contributed by atoms with Crippen LogP contribution in [0.25, 0.3) is 0 Å². The van der Waals surface area contributed by atoms with Crippen molar-refractivity contribution < 1.29 is 17.6 Å². The lowest BCUT2D eigenvalue weighted by molar-refractivity contribution is -0.120. The highest BCUT2D eigenvalue weighted by Crippen LogP contribution is 2.29.